The summed E-state index contributed by atoms with van der Waals surface area (Å²) in [6.07, 6.45) is 7.59. The maximum atomic E-state index is 5.19. The van der Waals surface area contributed by atoms with Crippen LogP contribution in [0.3, 0.4) is 0 Å². The molecule has 0 aliphatic rings. The molecule has 3 rings (SSSR count). The Labute approximate surface area is 91.2 Å². The van der Waals surface area contributed by atoms with Crippen molar-refractivity contribution in [3.8, 4) is 23.0 Å². The normalized spacial score (nSPS) is 10.5. The standard InChI is InChI=1S/C11H7N4O/c1-3-8(12-4-1)9-10(16-7-15-9)11-13-5-2-6-14-11/h1-6,12H. The van der Waals surface area contributed by atoms with Crippen molar-refractivity contribution in [2.75, 3.05) is 0 Å². The molecule has 0 spiro atoms. The zero-order valence-corrected chi connectivity index (χ0v) is 8.21. The van der Waals surface area contributed by atoms with Crippen LogP contribution in [-0.2, 0) is 0 Å². The van der Waals surface area contributed by atoms with Gasteiger partial charge in [0.2, 0.25) is 5.76 Å². The smallest absolute Gasteiger partial charge is 0.285 e. The Morgan fingerprint density at radius 2 is 2.06 bits per heavy atom. The quantitative estimate of drug-likeness (QED) is 0.703. The Kier molecular flexibility index (Phi) is 2.00. The summed E-state index contributed by atoms with van der Waals surface area (Å²) >= 11 is 0. The van der Waals surface area contributed by atoms with Crippen LogP contribution in [0.4, 0.5) is 0 Å². The summed E-state index contributed by atoms with van der Waals surface area (Å²) in [7, 11) is 0. The highest BCUT2D eigenvalue weighted by Crippen LogP contribution is 2.26. The van der Waals surface area contributed by atoms with Gasteiger partial charge in [0.15, 0.2) is 5.82 Å². The second-order valence-corrected chi connectivity index (χ2v) is 3.14. The molecule has 0 saturated heterocycles. The van der Waals surface area contributed by atoms with Crippen molar-refractivity contribution in [3.63, 3.8) is 0 Å². The number of aromatic amines is 1. The summed E-state index contributed by atoms with van der Waals surface area (Å²) in [6.45, 7) is 0. The molecule has 0 unspecified atom stereocenters. The first kappa shape index (κ1) is 8.84. The fourth-order valence-electron chi connectivity index (χ4n) is 1.44. The SMILES string of the molecule is [c]1nc(-c2ccc[nH]2)c(-c2ncccn2)o1. The highest BCUT2D eigenvalue weighted by atomic mass is 16.3. The van der Waals surface area contributed by atoms with Crippen LogP contribution >= 0.6 is 0 Å². The number of nitrogens with zero attached hydrogens (tertiary/aromatic N) is 3. The van der Waals surface area contributed by atoms with Crippen molar-refractivity contribution in [1.29, 1.82) is 0 Å². The summed E-state index contributed by atoms with van der Waals surface area (Å²) < 4.78 is 5.19. The minimum absolute atomic E-state index is 0.501. The molecule has 0 aliphatic heterocycles. The lowest BCUT2D eigenvalue weighted by atomic mass is 10.2. The van der Waals surface area contributed by atoms with E-state index in [4.69, 9.17) is 4.42 Å². The predicted molar refractivity (Wildman–Crippen MR) is 56.2 cm³/mol. The van der Waals surface area contributed by atoms with Gasteiger partial charge in [-0.25, -0.2) is 15.0 Å². The molecule has 1 radical (unpaired) electrons. The topological polar surface area (TPSA) is 67.6 Å². The third-order valence-electron chi connectivity index (χ3n) is 2.14. The summed E-state index contributed by atoms with van der Waals surface area (Å²) in [6, 6.07) is 5.54. The Hall–Kier alpha value is -2.43. The summed E-state index contributed by atoms with van der Waals surface area (Å²) in [4.78, 5) is 15.3. The Balaban J connectivity index is 2.14. The van der Waals surface area contributed by atoms with Crippen LogP contribution in [0.1, 0.15) is 0 Å². The predicted octanol–water partition coefficient (Wildman–Crippen LogP) is 1.93. The molecule has 0 fully saturated rings. The molecule has 5 heteroatoms. The van der Waals surface area contributed by atoms with E-state index in [1.165, 1.54) is 0 Å². The number of hydrogen-bond acceptors (Lipinski definition) is 4. The van der Waals surface area contributed by atoms with E-state index in [-0.39, 0.29) is 0 Å². The fourth-order valence-corrected chi connectivity index (χ4v) is 1.44. The van der Waals surface area contributed by atoms with Gasteiger partial charge in [0.25, 0.3) is 6.39 Å². The molecule has 0 amide bonds. The second-order valence-electron chi connectivity index (χ2n) is 3.14. The number of oxazole rings is 1. The maximum Gasteiger partial charge on any atom is 0.285 e. The molecule has 0 atom stereocenters. The van der Waals surface area contributed by atoms with E-state index in [0.29, 0.717) is 17.3 Å². The van der Waals surface area contributed by atoms with Crippen molar-refractivity contribution in [3.05, 3.63) is 43.2 Å². The maximum absolute atomic E-state index is 5.19. The molecule has 3 aromatic heterocycles. The molecule has 0 aliphatic carbocycles. The molecule has 0 saturated carbocycles. The van der Waals surface area contributed by atoms with Crippen molar-refractivity contribution in [1.82, 2.24) is 19.9 Å². The second kappa shape index (κ2) is 3.62. The molecule has 16 heavy (non-hydrogen) atoms. The molecule has 3 heterocycles. The minimum Gasteiger partial charge on any atom is -0.428 e. The van der Waals surface area contributed by atoms with E-state index < -0.39 is 0 Å². The first-order valence-corrected chi connectivity index (χ1v) is 4.73. The van der Waals surface area contributed by atoms with Crippen LogP contribution in [0, 0.1) is 6.39 Å². The lowest BCUT2D eigenvalue weighted by molar-refractivity contribution is 0.557. The highest BCUT2D eigenvalue weighted by molar-refractivity contribution is 5.70. The van der Waals surface area contributed by atoms with Crippen LogP contribution < -0.4 is 0 Å². The summed E-state index contributed by atoms with van der Waals surface area (Å²) in [5.74, 6) is 1.02. The third kappa shape index (κ3) is 1.38. The molecule has 77 valence electrons. The van der Waals surface area contributed by atoms with Gasteiger partial charge in [0.1, 0.15) is 5.69 Å². The number of rotatable bonds is 2. The Bertz CT molecular complexity index is 571. The van der Waals surface area contributed by atoms with Gasteiger partial charge in [0, 0.05) is 18.6 Å². The van der Waals surface area contributed by atoms with Gasteiger partial charge >= 0.3 is 0 Å². The number of H-pyrrole nitrogens is 1. The van der Waals surface area contributed by atoms with Crippen LogP contribution in [0.2, 0.25) is 0 Å². The van der Waals surface area contributed by atoms with Crippen molar-refractivity contribution in [2.24, 2.45) is 0 Å². The van der Waals surface area contributed by atoms with Crippen LogP contribution in [-0.4, -0.2) is 19.9 Å². The average molecular weight is 211 g/mol. The monoisotopic (exact) mass is 211 g/mol. The van der Waals surface area contributed by atoms with Crippen molar-refractivity contribution in [2.45, 2.75) is 0 Å². The lowest BCUT2D eigenvalue weighted by Gasteiger charge is -1.96. The number of hydrogen-bond donors (Lipinski definition) is 1. The summed E-state index contributed by atoms with van der Waals surface area (Å²) in [5, 5.41) is 0. The van der Waals surface area contributed by atoms with E-state index in [1.807, 2.05) is 18.3 Å². The third-order valence-corrected chi connectivity index (χ3v) is 2.14. The fraction of sp³-hybridized carbons (Fsp3) is 0. The van der Waals surface area contributed by atoms with Gasteiger partial charge in [-0.3, -0.25) is 0 Å². The van der Waals surface area contributed by atoms with Crippen molar-refractivity contribution < 1.29 is 4.42 Å². The first-order valence-electron chi connectivity index (χ1n) is 4.73. The Morgan fingerprint density at radius 1 is 1.19 bits per heavy atom. The average Bonchev–Trinajstić information content (AvgIpc) is 3.01. The molecular formula is C11H7N4O. The van der Waals surface area contributed by atoms with E-state index in [0.717, 1.165) is 5.69 Å². The van der Waals surface area contributed by atoms with Gasteiger partial charge in [0.05, 0.1) is 5.69 Å². The van der Waals surface area contributed by atoms with Gasteiger partial charge in [-0.15, -0.1) is 0 Å². The number of aromatic nitrogens is 4. The number of nitrogens with one attached hydrogen (secondary N) is 1. The van der Waals surface area contributed by atoms with E-state index in [9.17, 15) is 0 Å². The van der Waals surface area contributed by atoms with Gasteiger partial charge in [-0.05, 0) is 18.2 Å². The van der Waals surface area contributed by atoms with Crippen LogP contribution in [0.15, 0.2) is 41.2 Å². The highest BCUT2D eigenvalue weighted by Gasteiger charge is 2.15. The van der Waals surface area contributed by atoms with Crippen LogP contribution in [0.5, 0.6) is 0 Å². The molecule has 5 nitrogen and oxygen atoms in total. The van der Waals surface area contributed by atoms with Gasteiger partial charge < -0.3 is 9.40 Å². The molecule has 0 aromatic carbocycles. The molecule has 0 bridgehead atoms. The van der Waals surface area contributed by atoms with E-state index in [1.54, 1.807) is 18.5 Å². The molecule has 1 N–H and O–H groups in total. The van der Waals surface area contributed by atoms with Crippen molar-refractivity contribution >= 4 is 0 Å². The first-order chi connectivity index (χ1) is 7.95. The zero-order valence-electron chi connectivity index (χ0n) is 8.21. The van der Waals surface area contributed by atoms with E-state index in [2.05, 4.69) is 26.3 Å². The van der Waals surface area contributed by atoms with Gasteiger partial charge in [-0.2, -0.15) is 0 Å². The molecular weight excluding hydrogens is 204 g/mol. The Morgan fingerprint density at radius 3 is 2.81 bits per heavy atom. The largest absolute Gasteiger partial charge is 0.428 e. The van der Waals surface area contributed by atoms with Crippen LogP contribution in [0.25, 0.3) is 23.0 Å². The van der Waals surface area contributed by atoms with Gasteiger partial charge in [-0.1, -0.05) is 0 Å². The lowest BCUT2D eigenvalue weighted by Crippen LogP contribution is -1.88. The summed E-state index contributed by atoms with van der Waals surface area (Å²) in [5.41, 5.74) is 1.52. The van der Waals surface area contributed by atoms with E-state index >= 15 is 0 Å². The molecule has 3 aromatic rings. The zero-order chi connectivity index (χ0) is 10.8. The minimum atomic E-state index is 0.501.